The van der Waals surface area contributed by atoms with E-state index in [0.29, 0.717) is 16.4 Å². The molecule has 0 bridgehead atoms. The van der Waals surface area contributed by atoms with E-state index in [2.05, 4.69) is 15.6 Å². The van der Waals surface area contributed by atoms with Crippen molar-refractivity contribution in [2.75, 3.05) is 11.9 Å². The molecule has 2 N–H and O–H groups in total. The van der Waals surface area contributed by atoms with Crippen LogP contribution in [0.1, 0.15) is 28.4 Å². The second-order valence-electron chi connectivity index (χ2n) is 7.12. The molecule has 0 fully saturated rings. The van der Waals surface area contributed by atoms with Crippen LogP contribution in [0.2, 0.25) is 5.15 Å². The van der Waals surface area contributed by atoms with Crippen molar-refractivity contribution in [3.63, 3.8) is 0 Å². The molecule has 0 saturated carbocycles. The highest BCUT2D eigenvalue weighted by atomic mass is 35.5. The lowest BCUT2D eigenvalue weighted by atomic mass is 10.1. The van der Waals surface area contributed by atoms with Gasteiger partial charge in [-0.25, -0.2) is 9.78 Å². The lowest BCUT2D eigenvalue weighted by Crippen LogP contribution is -2.40. The number of carbonyl (C=O) groups excluding carboxylic acids is 3. The van der Waals surface area contributed by atoms with Crippen LogP contribution in [0.25, 0.3) is 10.9 Å². The Balaban J connectivity index is 1.54. The average Bonchev–Trinajstić information content (AvgIpc) is 2.74. The van der Waals surface area contributed by atoms with E-state index in [4.69, 9.17) is 16.3 Å². The van der Waals surface area contributed by atoms with Crippen LogP contribution >= 0.6 is 11.6 Å². The molecule has 160 valence electrons. The Morgan fingerprint density at radius 1 is 1.06 bits per heavy atom. The molecule has 0 radical (unpaired) electrons. The molecular formula is C23H22ClN3O4. The first-order chi connectivity index (χ1) is 14.7. The molecule has 8 heteroatoms. The lowest BCUT2D eigenvalue weighted by Gasteiger charge is -2.15. The van der Waals surface area contributed by atoms with Crippen molar-refractivity contribution in [2.45, 2.75) is 26.9 Å². The summed E-state index contributed by atoms with van der Waals surface area (Å²) in [6, 6.07) is 13.9. The highest BCUT2D eigenvalue weighted by Gasteiger charge is 2.20. The molecule has 0 saturated heterocycles. The smallest absolute Gasteiger partial charge is 0.338 e. The molecule has 3 aromatic rings. The quantitative estimate of drug-likeness (QED) is 0.449. The second-order valence-corrected chi connectivity index (χ2v) is 7.51. The summed E-state index contributed by atoms with van der Waals surface area (Å²) in [5, 5.41) is 6.34. The van der Waals surface area contributed by atoms with E-state index < -0.39 is 18.0 Å². The molecule has 1 aromatic heterocycles. The summed E-state index contributed by atoms with van der Waals surface area (Å²) < 4.78 is 5.23. The maximum absolute atomic E-state index is 12.4. The van der Waals surface area contributed by atoms with E-state index in [1.165, 1.54) is 6.92 Å². The van der Waals surface area contributed by atoms with Gasteiger partial charge in [-0.05, 0) is 62.2 Å². The molecule has 0 aliphatic heterocycles. The van der Waals surface area contributed by atoms with E-state index in [1.54, 1.807) is 30.3 Å². The Morgan fingerprint density at radius 2 is 1.77 bits per heavy atom. The molecule has 31 heavy (non-hydrogen) atoms. The minimum atomic E-state index is -1.07. The van der Waals surface area contributed by atoms with Gasteiger partial charge >= 0.3 is 5.97 Å². The maximum atomic E-state index is 12.4. The number of rotatable bonds is 6. The van der Waals surface area contributed by atoms with Gasteiger partial charge in [0.05, 0.1) is 17.6 Å². The van der Waals surface area contributed by atoms with Gasteiger partial charge in [-0.3, -0.25) is 9.59 Å². The number of aromatic nitrogens is 1. The Morgan fingerprint density at radius 3 is 2.48 bits per heavy atom. The van der Waals surface area contributed by atoms with Crippen molar-refractivity contribution in [1.29, 1.82) is 0 Å². The van der Waals surface area contributed by atoms with Crippen molar-refractivity contribution >= 4 is 46.0 Å². The molecule has 3 rings (SSSR count). The summed E-state index contributed by atoms with van der Waals surface area (Å²) in [5.41, 5.74) is 3.49. The Labute approximate surface area is 184 Å². The number of nitrogens with zero attached hydrogens (tertiary/aromatic N) is 1. The largest absolute Gasteiger partial charge is 0.449 e. The van der Waals surface area contributed by atoms with Crippen molar-refractivity contribution < 1.29 is 19.1 Å². The summed E-state index contributed by atoms with van der Waals surface area (Å²) in [5.74, 6) is -1.59. The van der Waals surface area contributed by atoms with Crippen molar-refractivity contribution in [3.05, 3.63) is 70.4 Å². The minimum absolute atomic E-state index is 0.239. The molecule has 7 nitrogen and oxygen atoms in total. The highest BCUT2D eigenvalue weighted by Crippen LogP contribution is 2.19. The van der Waals surface area contributed by atoms with Crippen LogP contribution < -0.4 is 10.6 Å². The van der Waals surface area contributed by atoms with Gasteiger partial charge in [0, 0.05) is 11.1 Å². The standard InChI is InChI=1S/C23H22ClN3O4/c1-13-5-4-6-14(2)21(13)27-20(28)12-25-22(29)15(3)31-23(30)17-7-9-18-16(11-17)8-10-19(24)26-18/h4-11,15H,12H2,1-3H3,(H,25,29)(H,27,28). The molecular weight excluding hydrogens is 418 g/mol. The van der Waals surface area contributed by atoms with Crippen LogP contribution in [0.3, 0.4) is 0 Å². The Kier molecular flexibility index (Phi) is 6.87. The fraction of sp³-hybridized carbons (Fsp3) is 0.217. The van der Waals surface area contributed by atoms with E-state index >= 15 is 0 Å². The number of aryl methyl sites for hydroxylation is 2. The number of hydrogen-bond donors (Lipinski definition) is 2. The van der Waals surface area contributed by atoms with Gasteiger partial charge in [-0.1, -0.05) is 29.8 Å². The summed E-state index contributed by atoms with van der Waals surface area (Å²) in [6.45, 7) is 4.98. The van der Waals surface area contributed by atoms with Crippen LogP contribution in [-0.2, 0) is 14.3 Å². The molecule has 1 unspecified atom stereocenters. The molecule has 0 aliphatic carbocycles. The van der Waals surface area contributed by atoms with Crippen molar-refractivity contribution in [2.24, 2.45) is 0 Å². The number of ether oxygens (including phenoxy) is 1. The first-order valence-corrected chi connectivity index (χ1v) is 10.0. The topological polar surface area (TPSA) is 97.4 Å². The summed E-state index contributed by atoms with van der Waals surface area (Å²) in [4.78, 5) is 41.0. The third-order valence-corrected chi connectivity index (χ3v) is 4.92. The molecule has 1 atom stereocenters. The van der Waals surface area contributed by atoms with E-state index in [9.17, 15) is 14.4 Å². The minimum Gasteiger partial charge on any atom is -0.449 e. The maximum Gasteiger partial charge on any atom is 0.338 e. The Hall–Kier alpha value is -3.45. The van der Waals surface area contributed by atoms with E-state index in [0.717, 1.165) is 16.5 Å². The van der Waals surface area contributed by atoms with E-state index in [-0.39, 0.29) is 18.0 Å². The second kappa shape index (κ2) is 9.57. The van der Waals surface area contributed by atoms with Gasteiger partial charge in [0.2, 0.25) is 5.91 Å². The monoisotopic (exact) mass is 439 g/mol. The Bertz CT molecular complexity index is 1140. The predicted molar refractivity (Wildman–Crippen MR) is 119 cm³/mol. The number of hydrogen-bond acceptors (Lipinski definition) is 5. The van der Waals surface area contributed by atoms with E-state index in [1.807, 2.05) is 32.0 Å². The zero-order chi connectivity index (χ0) is 22.5. The summed E-state index contributed by atoms with van der Waals surface area (Å²) >= 11 is 5.86. The normalized spacial score (nSPS) is 11.6. The number of pyridine rings is 1. The van der Waals surface area contributed by atoms with Crippen LogP contribution in [0, 0.1) is 13.8 Å². The molecule has 1 heterocycles. The number of amides is 2. The predicted octanol–water partition coefficient (Wildman–Crippen LogP) is 3.81. The van der Waals surface area contributed by atoms with Crippen LogP contribution in [0.15, 0.2) is 48.5 Å². The van der Waals surface area contributed by atoms with Gasteiger partial charge in [0.1, 0.15) is 5.15 Å². The first-order valence-electron chi connectivity index (χ1n) is 9.65. The van der Waals surface area contributed by atoms with Gasteiger partial charge in [-0.2, -0.15) is 0 Å². The van der Waals surface area contributed by atoms with Crippen LogP contribution in [-0.4, -0.2) is 35.4 Å². The van der Waals surface area contributed by atoms with Gasteiger partial charge in [0.25, 0.3) is 5.91 Å². The van der Waals surface area contributed by atoms with Gasteiger partial charge in [0.15, 0.2) is 6.10 Å². The third-order valence-electron chi connectivity index (χ3n) is 4.71. The fourth-order valence-electron chi connectivity index (χ4n) is 3.02. The lowest BCUT2D eigenvalue weighted by molar-refractivity contribution is -0.130. The highest BCUT2D eigenvalue weighted by molar-refractivity contribution is 6.29. The number of benzene rings is 2. The third kappa shape index (κ3) is 5.58. The van der Waals surface area contributed by atoms with Crippen molar-refractivity contribution in [1.82, 2.24) is 10.3 Å². The zero-order valence-electron chi connectivity index (χ0n) is 17.4. The average molecular weight is 440 g/mol. The number of nitrogens with one attached hydrogen (secondary N) is 2. The number of carbonyl (C=O) groups is 3. The van der Waals surface area contributed by atoms with Crippen LogP contribution in [0.5, 0.6) is 0 Å². The van der Waals surface area contributed by atoms with Gasteiger partial charge < -0.3 is 15.4 Å². The SMILES string of the molecule is Cc1cccc(C)c1NC(=O)CNC(=O)C(C)OC(=O)c1ccc2nc(Cl)ccc2c1. The van der Waals surface area contributed by atoms with Crippen LogP contribution in [0.4, 0.5) is 5.69 Å². The number of para-hydroxylation sites is 1. The molecule has 0 spiro atoms. The number of fused-ring (bicyclic) bond motifs is 1. The number of esters is 1. The summed E-state index contributed by atoms with van der Waals surface area (Å²) in [6.07, 6.45) is -1.07. The first kappa shape index (κ1) is 22.2. The number of anilines is 1. The molecule has 2 aromatic carbocycles. The number of halogens is 1. The summed E-state index contributed by atoms with van der Waals surface area (Å²) in [7, 11) is 0. The molecule has 2 amide bonds. The molecule has 0 aliphatic rings. The van der Waals surface area contributed by atoms with Gasteiger partial charge in [-0.15, -0.1) is 0 Å². The fourth-order valence-corrected chi connectivity index (χ4v) is 3.17. The van der Waals surface area contributed by atoms with Crippen molar-refractivity contribution in [3.8, 4) is 0 Å². The zero-order valence-corrected chi connectivity index (χ0v) is 18.1.